The van der Waals surface area contributed by atoms with E-state index >= 15 is 4.39 Å². The first kappa shape index (κ1) is 22.5. The second-order valence-corrected chi connectivity index (χ2v) is 8.90. The zero-order chi connectivity index (χ0) is 23.8. The Labute approximate surface area is 197 Å². The smallest absolute Gasteiger partial charge is 0.197 e. The fourth-order valence-electron chi connectivity index (χ4n) is 4.77. The Morgan fingerprint density at radius 1 is 1.15 bits per heavy atom. The number of hydrogen-bond acceptors (Lipinski definition) is 7. The van der Waals surface area contributed by atoms with Crippen molar-refractivity contribution >= 4 is 22.4 Å². The van der Waals surface area contributed by atoms with Gasteiger partial charge >= 0.3 is 0 Å². The van der Waals surface area contributed by atoms with Crippen molar-refractivity contribution in [1.82, 2.24) is 29.5 Å². The molecule has 5 rings (SSSR count). The molecule has 0 aliphatic carbocycles. The summed E-state index contributed by atoms with van der Waals surface area (Å²) in [7, 11) is 3.32. The van der Waals surface area contributed by atoms with E-state index in [0.717, 1.165) is 49.5 Å². The summed E-state index contributed by atoms with van der Waals surface area (Å²) in [6.45, 7) is 8.91. The van der Waals surface area contributed by atoms with Gasteiger partial charge in [0.2, 0.25) is 0 Å². The summed E-state index contributed by atoms with van der Waals surface area (Å²) in [5, 5.41) is 4.86. The molecule has 4 aromatic rings. The Hall–Kier alpha value is -3.24. The van der Waals surface area contributed by atoms with Gasteiger partial charge in [-0.05, 0) is 17.5 Å². The van der Waals surface area contributed by atoms with Crippen LogP contribution in [0.2, 0.25) is 0 Å². The van der Waals surface area contributed by atoms with Crippen molar-refractivity contribution in [2.24, 2.45) is 0 Å². The minimum atomic E-state index is -0.275. The topological polar surface area (TPSA) is 83.8 Å². The second kappa shape index (κ2) is 9.19. The average molecular weight is 468 g/mol. The van der Waals surface area contributed by atoms with Gasteiger partial charge in [-0.25, -0.2) is 18.9 Å². The van der Waals surface area contributed by atoms with Crippen LogP contribution in [0.25, 0.3) is 27.8 Å². The third-order valence-electron chi connectivity index (χ3n) is 6.51. The number of nitrogens with zero attached hydrogens (tertiary/aromatic N) is 6. The molecule has 0 aromatic carbocycles. The van der Waals surface area contributed by atoms with Gasteiger partial charge in [-0.1, -0.05) is 13.8 Å². The Bertz CT molecular complexity index is 1310. The van der Waals surface area contributed by atoms with Crippen molar-refractivity contribution in [2.45, 2.75) is 19.8 Å². The van der Waals surface area contributed by atoms with Gasteiger partial charge < -0.3 is 19.4 Å². The van der Waals surface area contributed by atoms with E-state index in [2.05, 4.69) is 38.8 Å². The van der Waals surface area contributed by atoms with E-state index in [0.29, 0.717) is 34.7 Å². The minimum absolute atomic E-state index is 0.0804. The Morgan fingerprint density at radius 2 is 1.94 bits per heavy atom. The van der Waals surface area contributed by atoms with Gasteiger partial charge in [0.15, 0.2) is 23.0 Å². The maximum absolute atomic E-state index is 16.0. The molecule has 1 aliphatic rings. The molecule has 34 heavy (non-hydrogen) atoms. The molecule has 1 N–H and O–H groups in total. The van der Waals surface area contributed by atoms with Gasteiger partial charge in [0.25, 0.3) is 0 Å². The molecule has 1 fully saturated rings. The summed E-state index contributed by atoms with van der Waals surface area (Å²) in [5.74, 6) is 0.823. The molecule has 4 aromatic heterocycles. The number of piperazine rings is 1. The number of methoxy groups -OCH3 is 2. The monoisotopic (exact) mass is 467 g/mol. The molecule has 0 atom stereocenters. The number of fused-ring (bicyclic) bond motifs is 2. The first-order valence-corrected chi connectivity index (χ1v) is 11.6. The summed E-state index contributed by atoms with van der Waals surface area (Å²) in [6.07, 6.45) is 5.11. The van der Waals surface area contributed by atoms with E-state index in [1.165, 1.54) is 6.33 Å². The van der Waals surface area contributed by atoms with Crippen molar-refractivity contribution in [3.63, 3.8) is 0 Å². The summed E-state index contributed by atoms with van der Waals surface area (Å²) < 4.78 is 28.4. The van der Waals surface area contributed by atoms with Crippen LogP contribution in [0, 0.1) is 5.82 Å². The number of rotatable bonds is 7. The number of H-pyrrole nitrogens is 1. The van der Waals surface area contributed by atoms with Crippen molar-refractivity contribution in [3.05, 3.63) is 36.2 Å². The number of ether oxygens (including phenoxy) is 2. The van der Waals surface area contributed by atoms with Crippen molar-refractivity contribution in [2.75, 3.05) is 58.5 Å². The average Bonchev–Trinajstić information content (AvgIpc) is 3.48. The highest BCUT2D eigenvalue weighted by atomic mass is 19.1. The molecule has 1 aliphatic heterocycles. The molecule has 1 saturated heterocycles. The van der Waals surface area contributed by atoms with E-state index in [9.17, 15) is 0 Å². The number of anilines is 1. The van der Waals surface area contributed by atoms with E-state index in [1.807, 2.05) is 17.2 Å². The van der Waals surface area contributed by atoms with Crippen LogP contribution in [-0.2, 0) is 4.74 Å². The highest BCUT2D eigenvalue weighted by Gasteiger charge is 2.26. The van der Waals surface area contributed by atoms with Gasteiger partial charge in [0.05, 0.1) is 31.1 Å². The number of nitrogens with one attached hydrogen (secondary N) is 1. The van der Waals surface area contributed by atoms with E-state index in [-0.39, 0.29) is 11.7 Å². The quantitative estimate of drug-likeness (QED) is 0.446. The third-order valence-corrected chi connectivity index (χ3v) is 6.51. The van der Waals surface area contributed by atoms with Crippen LogP contribution >= 0.6 is 0 Å². The molecule has 0 spiro atoms. The van der Waals surface area contributed by atoms with E-state index in [4.69, 9.17) is 9.47 Å². The van der Waals surface area contributed by atoms with Crippen LogP contribution < -0.4 is 9.64 Å². The van der Waals surface area contributed by atoms with Crippen molar-refractivity contribution in [1.29, 1.82) is 0 Å². The minimum Gasteiger partial charge on any atom is -0.493 e. The number of halogens is 1. The first-order chi connectivity index (χ1) is 16.5. The highest BCUT2D eigenvalue weighted by molar-refractivity contribution is 5.93. The molecule has 5 heterocycles. The SMILES string of the molecule is COCCN1CCN(c2ncc3[nH]c(-c4cc(OC)c5ncnn5c4)c(C(C)C)c3c2F)CC1. The molecule has 0 unspecified atom stereocenters. The fraction of sp³-hybridized carbons (Fsp3) is 0.458. The molecular formula is C24H30FN7O2. The van der Waals surface area contributed by atoms with Crippen LogP contribution in [0.4, 0.5) is 10.2 Å². The van der Waals surface area contributed by atoms with Crippen LogP contribution in [0.15, 0.2) is 24.8 Å². The number of aromatic amines is 1. The number of aromatic nitrogens is 5. The van der Waals surface area contributed by atoms with E-state index in [1.54, 1.807) is 24.9 Å². The normalized spacial score (nSPS) is 15.2. The number of hydrogen-bond donors (Lipinski definition) is 1. The lowest BCUT2D eigenvalue weighted by atomic mass is 9.96. The van der Waals surface area contributed by atoms with Crippen molar-refractivity contribution in [3.8, 4) is 17.0 Å². The zero-order valence-electron chi connectivity index (χ0n) is 20.0. The summed E-state index contributed by atoms with van der Waals surface area (Å²) in [6, 6.07) is 1.91. The van der Waals surface area contributed by atoms with Crippen LogP contribution in [0.3, 0.4) is 0 Å². The van der Waals surface area contributed by atoms with Gasteiger partial charge in [-0.3, -0.25) is 4.90 Å². The summed E-state index contributed by atoms with van der Waals surface area (Å²) in [4.78, 5) is 16.6. The molecule has 0 radical (unpaired) electrons. The highest BCUT2D eigenvalue weighted by Crippen LogP contribution is 2.39. The predicted molar refractivity (Wildman–Crippen MR) is 129 cm³/mol. The van der Waals surface area contributed by atoms with Gasteiger partial charge in [0, 0.05) is 57.0 Å². The van der Waals surface area contributed by atoms with E-state index < -0.39 is 0 Å². The summed E-state index contributed by atoms with van der Waals surface area (Å²) in [5.41, 5.74) is 3.91. The Kier molecular flexibility index (Phi) is 6.09. The third kappa shape index (κ3) is 3.86. The van der Waals surface area contributed by atoms with Gasteiger partial charge in [-0.15, -0.1) is 0 Å². The van der Waals surface area contributed by atoms with Gasteiger partial charge in [0.1, 0.15) is 6.33 Å². The maximum atomic E-state index is 16.0. The fourth-order valence-corrected chi connectivity index (χ4v) is 4.77. The van der Waals surface area contributed by atoms with Crippen LogP contribution in [0.5, 0.6) is 5.75 Å². The van der Waals surface area contributed by atoms with Crippen LogP contribution in [0.1, 0.15) is 25.3 Å². The Morgan fingerprint density at radius 3 is 2.65 bits per heavy atom. The van der Waals surface area contributed by atoms with Gasteiger partial charge in [-0.2, -0.15) is 5.10 Å². The molecule has 0 amide bonds. The standard InChI is InChI=1S/C24H30FN7O2/c1-15(2)19-20-17(29-22(19)16-11-18(34-4)23-27-14-28-32(23)13-16)12-26-24(21(20)25)31-7-5-30(6-8-31)9-10-33-3/h11-15,29H,5-10H2,1-4H3. The molecule has 0 saturated carbocycles. The molecule has 10 heteroatoms. The molecule has 0 bridgehead atoms. The summed E-state index contributed by atoms with van der Waals surface area (Å²) >= 11 is 0. The Balaban J connectivity index is 1.56. The molecule has 9 nitrogen and oxygen atoms in total. The number of pyridine rings is 2. The first-order valence-electron chi connectivity index (χ1n) is 11.6. The largest absolute Gasteiger partial charge is 0.493 e. The predicted octanol–water partition coefficient (Wildman–Crippen LogP) is 3.31. The lowest BCUT2D eigenvalue weighted by molar-refractivity contribution is 0.144. The second-order valence-electron chi connectivity index (χ2n) is 8.90. The molecule has 180 valence electrons. The zero-order valence-corrected chi connectivity index (χ0v) is 20.0. The van der Waals surface area contributed by atoms with Crippen LogP contribution in [-0.4, -0.2) is 83.0 Å². The lowest BCUT2D eigenvalue weighted by Gasteiger charge is -2.35. The van der Waals surface area contributed by atoms with Crippen molar-refractivity contribution < 1.29 is 13.9 Å². The lowest BCUT2D eigenvalue weighted by Crippen LogP contribution is -2.47. The molecular weight excluding hydrogens is 437 g/mol. The maximum Gasteiger partial charge on any atom is 0.197 e.